The molecule has 1 fully saturated rings. The van der Waals surface area contributed by atoms with Gasteiger partial charge in [-0.15, -0.1) is 0 Å². The fourth-order valence-corrected chi connectivity index (χ4v) is 3.75. The molecule has 0 atom stereocenters. The number of rotatable bonds is 2. The van der Waals surface area contributed by atoms with Gasteiger partial charge in [0, 0.05) is 15.5 Å². The minimum atomic E-state index is -0.0227. The largest absolute Gasteiger partial charge is 0.349 e. The molecule has 0 spiro atoms. The van der Waals surface area contributed by atoms with Crippen LogP contribution in [0.5, 0.6) is 0 Å². The van der Waals surface area contributed by atoms with Crippen LogP contribution in [-0.4, -0.2) is 23.5 Å². The predicted octanol–water partition coefficient (Wildman–Crippen LogP) is 3.73. The Morgan fingerprint density at radius 1 is 1.41 bits per heavy atom. The molecule has 92 valence electrons. The molecule has 2 nitrogen and oxygen atoms in total. The van der Waals surface area contributed by atoms with E-state index in [9.17, 15) is 4.79 Å². The van der Waals surface area contributed by atoms with Crippen molar-refractivity contribution in [2.24, 2.45) is 0 Å². The normalized spacial score (nSPS) is 16.8. The Hall–Kier alpha value is -0.190. The van der Waals surface area contributed by atoms with Crippen molar-refractivity contribution in [2.75, 3.05) is 11.5 Å². The van der Waals surface area contributed by atoms with Crippen molar-refractivity contribution in [1.29, 1.82) is 0 Å². The lowest BCUT2D eigenvalue weighted by molar-refractivity contribution is 0.0934. The van der Waals surface area contributed by atoms with Crippen LogP contribution in [-0.2, 0) is 0 Å². The molecule has 1 aliphatic rings. The Morgan fingerprint density at radius 2 is 2.12 bits per heavy atom. The zero-order chi connectivity index (χ0) is 12.3. The molecule has 1 saturated heterocycles. The van der Waals surface area contributed by atoms with E-state index >= 15 is 0 Å². The highest BCUT2D eigenvalue weighted by Gasteiger charge is 2.18. The van der Waals surface area contributed by atoms with Crippen molar-refractivity contribution in [3.63, 3.8) is 0 Å². The maximum atomic E-state index is 12.1. The number of benzene rings is 1. The van der Waals surface area contributed by atoms with Gasteiger partial charge in [-0.3, -0.25) is 4.79 Å². The maximum Gasteiger partial charge on any atom is 0.252 e. The summed E-state index contributed by atoms with van der Waals surface area (Å²) in [5.74, 6) is 2.24. The predicted molar refractivity (Wildman–Crippen MR) is 77.0 cm³/mol. The Morgan fingerprint density at radius 3 is 2.76 bits per heavy atom. The average molecular weight is 335 g/mol. The number of carbonyl (C=O) groups excluding carboxylic acids is 1. The van der Waals surface area contributed by atoms with E-state index in [1.807, 2.05) is 11.8 Å². The molecule has 1 aromatic rings. The van der Waals surface area contributed by atoms with Crippen LogP contribution >= 0.6 is 39.3 Å². The number of halogens is 2. The van der Waals surface area contributed by atoms with Crippen LogP contribution in [0.15, 0.2) is 22.7 Å². The second kappa shape index (κ2) is 6.12. The third-order valence-electron chi connectivity index (χ3n) is 2.73. The molecule has 1 aliphatic heterocycles. The van der Waals surface area contributed by atoms with Crippen LogP contribution < -0.4 is 5.32 Å². The molecule has 1 amide bonds. The summed E-state index contributed by atoms with van der Waals surface area (Å²) in [6.45, 7) is 0. The summed E-state index contributed by atoms with van der Waals surface area (Å²) in [6, 6.07) is 5.54. The van der Waals surface area contributed by atoms with Gasteiger partial charge < -0.3 is 5.32 Å². The standard InChI is InChI=1S/C12H13BrClNOS/c13-11-7-8(14)1-2-10(11)12(16)15-9-3-5-17-6-4-9/h1-2,7,9H,3-6H2,(H,15,16). The van der Waals surface area contributed by atoms with Crippen molar-refractivity contribution in [3.8, 4) is 0 Å². The van der Waals surface area contributed by atoms with Crippen LogP contribution in [0.25, 0.3) is 0 Å². The smallest absolute Gasteiger partial charge is 0.252 e. The lowest BCUT2D eigenvalue weighted by Gasteiger charge is -2.22. The van der Waals surface area contributed by atoms with Crippen LogP contribution in [0, 0.1) is 0 Å². The molecule has 5 heteroatoms. The molecule has 0 unspecified atom stereocenters. The summed E-state index contributed by atoms with van der Waals surface area (Å²) in [6.07, 6.45) is 2.11. The molecule has 17 heavy (non-hydrogen) atoms. The van der Waals surface area contributed by atoms with Crippen LogP contribution in [0.4, 0.5) is 0 Å². The number of carbonyl (C=O) groups is 1. The van der Waals surface area contributed by atoms with Crippen LogP contribution in [0.2, 0.25) is 5.02 Å². The molecule has 0 bridgehead atoms. The van der Waals surface area contributed by atoms with Crippen molar-refractivity contribution in [3.05, 3.63) is 33.3 Å². The monoisotopic (exact) mass is 333 g/mol. The zero-order valence-electron chi connectivity index (χ0n) is 9.21. The lowest BCUT2D eigenvalue weighted by Crippen LogP contribution is -2.37. The average Bonchev–Trinajstić information content (AvgIpc) is 2.30. The molecule has 0 radical (unpaired) electrons. The number of hydrogen-bond donors (Lipinski definition) is 1. The highest BCUT2D eigenvalue weighted by molar-refractivity contribution is 9.10. The molecule has 0 aromatic heterocycles. The minimum absolute atomic E-state index is 0.0227. The first-order valence-corrected chi connectivity index (χ1v) is 7.83. The summed E-state index contributed by atoms with van der Waals surface area (Å²) >= 11 is 11.2. The van der Waals surface area contributed by atoms with Crippen LogP contribution in [0.3, 0.4) is 0 Å². The second-order valence-electron chi connectivity index (χ2n) is 3.98. The van der Waals surface area contributed by atoms with E-state index in [1.165, 1.54) is 0 Å². The number of amides is 1. The highest BCUT2D eigenvalue weighted by Crippen LogP contribution is 2.22. The van der Waals surface area contributed by atoms with Gasteiger partial charge in [0.1, 0.15) is 0 Å². The molecular weight excluding hydrogens is 322 g/mol. The summed E-state index contributed by atoms with van der Waals surface area (Å²) in [5, 5.41) is 3.70. The molecule has 1 N–H and O–H groups in total. The van der Waals surface area contributed by atoms with Crippen molar-refractivity contribution in [1.82, 2.24) is 5.32 Å². The Bertz CT molecular complexity index is 421. The van der Waals surface area contributed by atoms with E-state index in [-0.39, 0.29) is 5.91 Å². The molecule has 1 aromatic carbocycles. The van der Waals surface area contributed by atoms with E-state index in [1.54, 1.807) is 18.2 Å². The fourth-order valence-electron chi connectivity index (χ4n) is 1.78. The molecular formula is C12H13BrClNOS. The summed E-state index contributed by atoms with van der Waals surface area (Å²) < 4.78 is 0.743. The SMILES string of the molecule is O=C(NC1CCSCC1)c1ccc(Cl)cc1Br. The Kier molecular flexibility index (Phi) is 4.77. The van der Waals surface area contributed by atoms with Gasteiger partial charge in [-0.05, 0) is 58.5 Å². The quantitative estimate of drug-likeness (QED) is 0.893. The van der Waals surface area contributed by atoms with Gasteiger partial charge in [0.05, 0.1) is 5.56 Å². The summed E-state index contributed by atoms with van der Waals surface area (Å²) in [7, 11) is 0. The first-order valence-electron chi connectivity index (χ1n) is 5.50. The van der Waals surface area contributed by atoms with E-state index in [2.05, 4.69) is 21.2 Å². The number of nitrogens with one attached hydrogen (secondary N) is 1. The molecule has 0 saturated carbocycles. The Labute approximate surface area is 119 Å². The van der Waals surface area contributed by atoms with E-state index in [0.29, 0.717) is 16.6 Å². The summed E-state index contributed by atoms with van der Waals surface area (Å²) in [4.78, 5) is 12.1. The van der Waals surface area contributed by atoms with Gasteiger partial charge >= 0.3 is 0 Å². The van der Waals surface area contributed by atoms with Gasteiger partial charge in [-0.1, -0.05) is 11.6 Å². The third kappa shape index (κ3) is 3.63. The molecule has 2 rings (SSSR count). The van der Waals surface area contributed by atoms with E-state index in [4.69, 9.17) is 11.6 Å². The van der Waals surface area contributed by atoms with E-state index < -0.39 is 0 Å². The molecule has 0 aliphatic carbocycles. The van der Waals surface area contributed by atoms with Gasteiger partial charge in [-0.2, -0.15) is 11.8 Å². The number of thioether (sulfide) groups is 1. The zero-order valence-corrected chi connectivity index (χ0v) is 12.4. The van der Waals surface area contributed by atoms with Crippen LogP contribution in [0.1, 0.15) is 23.2 Å². The maximum absolute atomic E-state index is 12.1. The Balaban J connectivity index is 2.03. The second-order valence-corrected chi connectivity index (χ2v) is 6.50. The lowest BCUT2D eigenvalue weighted by atomic mass is 10.1. The minimum Gasteiger partial charge on any atom is -0.349 e. The van der Waals surface area contributed by atoms with E-state index in [0.717, 1.165) is 28.8 Å². The molecule has 1 heterocycles. The van der Waals surface area contributed by atoms with Gasteiger partial charge in [-0.25, -0.2) is 0 Å². The first kappa shape index (κ1) is 13.2. The number of hydrogen-bond acceptors (Lipinski definition) is 2. The topological polar surface area (TPSA) is 29.1 Å². The highest BCUT2D eigenvalue weighted by atomic mass is 79.9. The van der Waals surface area contributed by atoms with Crippen molar-refractivity contribution >= 4 is 45.2 Å². The van der Waals surface area contributed by atoms with Gasteiger partial charge in [0.2, 0.25) is 0 Å². The van der Waals surface area contributed by atoms with Crippen molar-refractivity contribution < 1.29 is 4.79 Å². The van der Waals surface area contributed by atoms with Gasteiger partial charge in [0.25, 0.3) is 5.91 Å². The first-order chi connectivity index (χ1) is 8.16. The summed E-state index contributed by atoms with van der Waals surface area (Å²) in [5.41, 5.74) is 0.646. The van der Waals surface area contributed by atoms with Gasteiger partial charge in [0.15, 0.2) is 0 Å². The van der Waals surface area contributed by atoms with Crippen molar-refractivity contribution in [2.45, 2.75) is 18.9 Å². The third-order valence-corrected chi connectivity index (χ3v) is 4.67. The fraction of sp³-hybridized carbons (Fsp3) is 0.417.